The van der Waals surface area contributed by atoms with E-state index in [0.29, 0.717) is 23.1 Å². The first kappa shape index (κ1) is 22.7. The van der Waals surface area contributed by atoms with Crippen LogP contribution in [0.4, 0.5) is 13.2 Å². The van der Waals surface area contributed by atoms with Crippen molar-refractivity contribution in [3.8, 4) is 34.7 Å². The second-order valence-corrected chi connectivity index (χ2v) is 7.38. The molecule has 0 saturated heterocycles. The van der Waals surface area contributed by atoms with Crippen LogP contribution < -0.4 is 0 Å². The lowest BCUT2D eigenvalue weighted by atomic mass is 9.98. The maximum atomic E-state index is 14.4. The number of aromatic nitrogens is 3. The quantitative estimate of drug-likeness (QED) is 0.378. The van der Waals surface area contributed by atoms with Crippen LogP contribution in [-0.4, -0.2) is 14.5 Å². The topological polar surface area (TPSA) is 87.5 Å². The van der Waals surface area contributed by atoms with Gasteiger partial charge in [-0.15, -0.1) is 0 Å². The second-order valence-electron chi connectivity index (χ2n) is 7.38. The monoisotopic (exact) mass is 459 g/mol. The van der Waals surface area contributed by atoms with Crippen molar-refractivity contribution in [1.82, 2.24) is 14.5 Å². The molecular weight excluding hydrogens is 443 g/mol. The third-order valence-electron chi connectivity index (χ3n) is 5.30. The zero-order chi connectivity index (χ0) is 24.2. The molecule has 4 aromatic rings. The van der Waals surface area contributed by atoms with Crippen molar-refractivity contribution >= 4 is 0 Å². The molecule has 0 saturated carbocycles. The van der Waals surface area contributed by atoms with E-state index in [9.17, 15) is 18.4 Å². The van der Waals surface area contributed by atoms with E-state index in [1.807, 2.05) is 17.7 Å². The highest BCUT2D eigenvalue weighted by Crippen LogP contribution is 2.31. The molecule has 0 radical (unpaired) electrons. The summed E-state index contributed by atoms with van der Waals surface area (Å²) in [4.78, 5) is 7.66. The van der Waals surface area contributed by atoms with Crippen LogP contribution in [0.15, 0.2) is 54.9 Å². The molecule has 0 atom stereocenters. The highest BCUT2D eigenvalue weighted by atomic mass is 19.2. The molecule has 9 heteroatoms. The number of pyridine rings is 1. The molecule has 2 heterocycles. The Morgan fingerprint density at radius 1 is 0.912 bits per heavy atom. The van der Waals surface area contributed by atoms with Gasteiger partial charge in [0.25, 0.3) is 0 Å². The lowest BCUT2D eigenvalue weighted by molar-refractivity contribution is 0.103. The van der Waals surface area contributed by atoms with Gasteiger partial charge in [-0.25, -0.2) is 18.7 Å². The van der Waals surface area contributed by atoms with Crippen molar-refractivity contribution in [3.63, 3.8) is 0 Å². The van der Waals surface area contributed by atoms with Crippen LogP contribution in [-0.2, 0) is 25.0 Å². The number of benzene rings is 2. The number of rotatable bonds is 6. The molecular formula is C25H16F3N5O. The van der Waals surface area contributed by atoms with E-state index in [-0.39, 0.29) is 24.3 Å². The SMILES string of the molecule is Cn1c(COCc2ccc(C#N)cc2-c2c(F)ncc(F)c2F)cnc1-c1ccc(C#N)cc1. The van der Waals surface area contributed by atoms with Crippen molar-refractivity contribution < 1.29 is 17.9 Å². The van der Waals surface area contributed by atoms with Crippen molar-refractivity contribution in [2.75, 3.05) is 0 Å². The van der Waals surface area contributed by atoms with E-state index in [0.717, 1.165) is 11.3 Å². The predicted octanol–water partition coefficient (Wildman–Crippen LogP) is 5.03. The Bertz CT molecular complexity index is 1450. The van der Waals surface area contributed by atoms with E-state index in [1.54, 1.807) is 30.5 Å². The Hall–Kier alpha value is -4.47. The summed E-state index contributed by atoms with van der Waals surface area (Å²) in [6, 6.07) is 15.2. The van der Waals surface area contributed by atoms with Crippen LogP contribution in [0.25, 0.3) is 22.5 Å². The maximum absolute atomic E-state index is 14.4. The molecule has 0 N–H and O–H groups in total. The number of hydrogen-bond acceptors (Lipinski definition) is 5. The Kier molecular flexibility index (Phi) is 6.39. The van der Waals surface area contributed by atoms with Gasteiger partial charge in [0, 0.05) is 12.6 Å². The summed E-state index contributed by atoms with van der Waals surface area (Å²) < 4.78 is 50.1. The molecule has 34 heavy (non-hydrogen) atoms. The zero-order valence-electron chi connectivity index (χ0n) is 17.9. The molecule has 0 fully saturated rings. The second kappa shape index (κ2) is 9.57. The number of nitrogens with zero attached hydrogens (tertiary/aromatic N) is 5. The Balaban J connectivity index is 1.57. The first-order valence-corrected chi connectivity index (χ1v) is 10.0. The van der Waals surface area contributed by atoms with E-state index in [4.69, 9.17) is 10.00 Å². The van der Waals surface area contributed by atoms with Gasteiger partial charge in [0.05, 0.1) is 60.1 Å². The zero-order valence-corrected chi connectivity index (χ0v) is 17.9. The minimum absolute atomic E-state index is 0.00988. The van der Waals surface area contributed by atoms with E-state index >= 15 is 0 Å². The third-order valence-corrected chi connectivity index (χ3v) is 5.30. The van der Waals surface area contributed by atoms with Gasteiger partial charge in [0.1, 0.15) is 5.82 Å². The van der Waals surface area contributed by atoms with Crippen molar-refractivity contribution in [2.45, 2.75) is 13.2 Å². The van der Waals surface area contributed by atoms with E-state index in [2.05, 4.69) is 16.0 Å². The molecule has 4 rings (SSSR count). The molecule has 2 aromatic heterocycles. The first-order valence-electron chi connectivity index (χ1n) is 10.0. The summed E-state index contributed by atoms with van der Waals surface area (Å²) in [5.74, 6) is -3.19. The number of hydrogen-bond donors (Lipinski definition) is 0. The van der Waals surface area contributed by atoms with Crippen LogP contribution in [0, 0.1) is 40.2 Å². The molecule has 0 aliphatic rings. The number of nitriles is 2. The Morgan fingerprint density at radius 2 is 1.62 bits per heavy atom. The summed E-state index contributed by atoms with van der Waals surface area (Å²) in [6.07, 6.45) is 2.11. The highest BCUT2D eigenvalue weighted by Gasteiger charge is 2.20. The molecule has 0 spiro atoms. The normalized spacial score (nSPS) is 10.6. The van der Waals surface area contributed by atoms with Gasteiger partial charge in [0.15, 0.2) is 11.6 Å². The lowest BCUT2D eigenvalue weighted by Crippen LogP contribution is -2.04. The summed E-state index contributed by atoms with van der Waals surface area (Å²) >= 11 is 0. The summed E-state index contributed by atoms with van der Waals surface area (Å²) in [5, 5.41) is 18.1. The fourth-order valence-corrected chi connectivity index (χ4v) is 3.49. The van der Waals surface area contributed by atoms with Crippen molar-refractivity contribution in [1.29, 1.82) is 10.5 Å². The van der Waals surface area contributed by atoms with Gasteiger partial charge in [-0.1, -0.05) is 6.07 Å². The van der Waals surface area contributed by atoms with Crippen LogP contribution in [0.5, 0.6) is 0 Å². The van der Waals surface area contributed by atoms with Crippen molar-refractivity contribution in [3.05, 3.63) is 94.8 Å². The van der Waals surface area contributed by atoms with Gasteiger partial charge in [-0.3, -0.25) is 0 Å². The minimum Gasteiger partial charge on any atom is -0.370 e. The molecule has 0 unspecified atom stereocenters. The van der Waals surface area contributed by atoms with Gasteiger partial charge in [-0.2, -0.15) is 14.9 Å². The Morgan fingerprint density at radius 3 is 2.32 bits per heavy atom. The predicted molar refractivity (Wildman–Crippen MR) is 116 cm³/mol. The van der Waals surface area contributed by atoms with Gasteiger partial charge < -0.3 is 9.30 Å². The minimum atomic E-state index is -1.39. The molecule has 0 aliphatic heterocycles. The number of halogens is 3. The average molecular weight is 459 g/mol. The van der Waals surface area contributed by atoms with Gasteiger partial charge >= 0.3 is 0 Å². The van der Waals surface area contributed by atoms with Crippen LogP contribution in [0.2, 0.25) is 0 Å². The van der Waals surface area contributed by atoms with Crippen LogP contribution in [0.3, 0.4) is 0 Å². The molecule has 0 amide bonds. The molecule has 0 aliphatic carbocycles. The van der Waals surface area contributed by atoms with Gasteiger partial charge in [0.2, 0.25) is 5.95 Å². The number of imidazole rings is 1. The summed E-state index contributed by atoms with van der Waals surface area (Å²) in [6.45, 7) is 0.0688. The average Bonchev–Trinajstić information content (AvgIpc) is 3.22. The standard InChI is InChI=1S/C25H16F3N5O/c1-33-19(11-32-25(33)17-5-2-15(9-29)3-6-17)14-34-13-18-7-4-16(10-30)8-20(18)22-23(27)21(26)12-31-24(22)28/h2-8,11-12H,13-14H2,1H3. The highest BCUT2D eigenvalue weighted by molar-refractivity contribution is 5.69. The molecule has 168 valence electrons. The lowest BCUT2D eigenvalue weighted by Gasteiger charge is -2.13. The van der Waals surface area contributed by atoms with E-state index in [1.165, 1.54) is 18.2 Å². The van der Waals surface area contributed by atoms with Crippen molar-refractivity contribution in [2.24, 2.45) is 7.05 Å². The number of ether oxygens (including phenoxy) is 1. The van der Waals surface area contributed by atoms with Crippen LogP contribution in [0.1, 0.15) is 22.4 Å². The fourth-order valence-electron chi connectivity index (χ4n) is 3.49. The molecule has 2 aromatic carbocycles. The summed E-state index contributed by atoms with van der Waals surface area (Å²) in [7, 11) is 1.82. The Labute approximate surface area is 193 Å². The summed E-state index contributed by atoms with van der Waals surface area (Å²) in [5.41, 5.74) is 1.95. The van der Waals surface area contributed by atoms with E-state index < -0.39 is 23.1 Å². The third kappa shape index (κ3) is 4.38. The fraction of sp³-hybridized carbons (Fsp3) is 0.120. The maximum Gasteiger partial charge on any atom is 0.223 e. The smallest absolute Gasteiger partial charge is 0.223 e. The first-order chi connectivity index (χ1) is 16.4. The molecule has 0 bridgehead atoms. The molecule has 6 nitrogen and oxygen atoms in total. The van der Waals surface area contributed by atoms with Gasteiger partial charge in [-0.05, 0) is 47.5 Å². The largest absolute Gasteiger partial charge is 0.370 e. The van der Waals surface area contributed by atoms with Crippen LogP contribution >= 0.6 is 0 Å².